The standard InChI is InChI=1S/C18H34O2/c1-2-3-4-5-6-7-8-9-10-11-12-13-14-15-16-17-18(19)20/h18-20H,2-15H2,1H3. The van der Waals surface area contributed by atoms with Crippen molar-refractivity contribution in [3.05, 3.63) is 0 Å². The first kappa shape index (κ1) is 19.5. The van der Waals surface area contributed by atoms with E-state index in [2.05, 4.69) is 18.8 Å². The minimum Gasteiger partial charge on any atom is -0.358 e. The summed E-state index contributed by atoms with van der Waals surface area (Å²) < 4.78 is 0. The van der Waals surface area contributed by atoms with Crippen molar-refractivity contribution in [2.75, 3.05) is 0 Å². The molecule has 0 aromatic rings. The minimum atomic E-state index is -1.46. The lowest BCUT2D eigenvalue weighted by molar-refractivity contribution is 0.0107. The van der Waals surface area contributed by atoms with Crippen molar-refractivity contribution in [3.63, 3.8) is 0 Å². The highest BCUT2D eigenvalue weighted by Gasteiger charge is 1.93. The highest BCUT2D eigenvalue weighted by molar-refractivity contribution is 5.00. The molecule has 0 bridgehead atoms. The van der Waals surface area contributed by atoms with Gasteiger partial charge < -0.3 is 10.2 Å². The molecule has 0 saturated heterocycles. The van der Waals surface area contributed by atoms with Crippen LogP contribution < -0.4 is 0 Å². The Morgan fingerprint density at radius 2 is 1.05 bits per heavy atom. The maximum atomic E-state index is 8.54. The molecule has 0 aliphatic heterocycles. The molecule has 0 aliphatic rings. The number of aliphatic hydroxyl groups excluding tert-OH is 1. The fourth-order valence-electron chi connectivity index (χ4n) is 2.39. The van der Waals surface area contributed by atoms with Crippen LogP contribution in [0.1, 0.15) is 96.8 Å². The number of rotatable bonds is 13. The van der Waals surface area contributed by atoms with Crippen molar-refractivity contribution in [3.8, 4) is 11.8 Å². The normalized spacial score (nSPS) is 10.6. The molecule has 0 aromatic carbocycles. The van der Waals surface area contributed by atoms with Gasteiger partial charge in [0.05, 0.1) is 0 Å². The number of hydrogen-bond donors (Lipinski definition) is 2. The second-order valence-electron chi connectivity index (χ2n) is 5.69. The van der Waals surface area contributed by atoms with Gasteiger partial charge in [-0.05, 0) is 12.3 Å². The van der Waals surface area contributed by atoms with Crippen LogP contribution in [-0.2, 0) is 0 Å². The molecule has 2 nitrogen and oxygen atoms in total. The molecule has 0 aliphatic carbocycles. The quantitative estimate of drug-likeness (QED) is 0.290. The van der Waals surface area contributed by atoms with Gasteiger partial charge in [-0.25, -0.2) is 0 Å². The third-order valence-electron chi connectivity index (χ3n) is 3.64. The van der Waals surface area contributed by atoms with Crippen LogP contribution in [0.15, 0.2) is 0 Å². The lowest BCUT2D eigenvalue weighted by atomic mass is 10.0. The van der Waals surface area contributed by atoms with Crippen LogP contribution in [0.3, 0.4) is 0 Å². The highest BCUT2D eigenvalue weighted by atomic mass is 16.5. The van der Waals surface area contributed by atoms with Crippen molar-refractivity contribution in [1.82, 2.24) is 0 Å². The second-order valence-corrected chi connectivity index (χ2v) is 5.69. The predicted octanol–water partition coefficient (Wildman–Crippen LogP) is 4.78. The Bertz CT molecular complexity index is 238. The molecule has 0 amide bonds. The maximum Gasteiger partial charge on any atom is 0.217 e. The Morgan fingerprint density at radius 1 is 0.650 bits per heavy atom. The molecule has 0 unspecified atom stereocenters. The van der Waals surface area contributed by atoms with E-state index in [9.17, 15) is 0 Å². The molecule has 0 aromatic heterocycles. The fourth-order valence-corrected chi connectivity index (χ4v) is 2.39. The summed E-state index contributed by atoms with van der Waals surface area (Å²) in [4.78, 5) is 0. The SMILES string of the molecule is CCCCCCCCCCCCCCCC#CC(O)O. The van der Waals surface area contributed by atoms with Crippen LogP contribution >= 0.6 is 0 Å². The lowest BCUT2D eigenvalue weighted by Crippen LogP contribution is -1.97. The molecule has 0 fully saturated rings. The number of aliphatic hydroxyl groups is 2. The van der Waals surface area contributed by atoms with E-state index < -0.39 is 6.29 Å². The third kappa shape index (κ3) is 17.5. The Morgan fingerprint density at radius 3 is 1.45 bits per heavy atom. The maximum absolute atomic E-state index is 8.54. The average molecular weight is 282 g/mol. The first-order chi connectivity index (χ1) is 9.77. The summed E-state index contributed by atoms with van der Waals surface area (Å²) in [5, 5.41) is 17.1. The van der Waals surface area contributed by atoms with Gasteiger partial charge in [-0.1, -0.05) is 89.9 Å². The van der Waals surface area contributed by atoms with Gasteiger partial charge in [-0.3, -0.25) is 0 Å². The molecule has 0 saturated carbocycles. The molecular formula is C18H34O2. The van der Waals surface area contributed by atoms with Crippen molar-refractivity contribution in [1.29, 1.82) is 0 Å². The minimum absolute atomic E-state index is 0.787. The van der Waals surface area contributed by atoms with Crippen LogP contribution in [0.5, 0.6) is 0 Å². The first-order valence-electron chi connectivity index (χ1n) is 8.62. The van der Waals surface area contributed by atoms with Crippen molar-refractivity contribution in [2.45, 2.75) is 103 Å². The van der Waals surface area contributed by atoms with E-state index in [1.165, 1.54) is 77.0 Å². The van der Waals surface area contributed by atoms with E-state index in [1.54, 1.807) is 0 Å². The largest absolute Gasteiger partial charge is 0.358 e. The Balaban J connectivity index is 3.01. The van der Waals surface area contributed by atoms with Gasteiger partial charge in [-0.15, -0.1) is 0 Å². The highest BCUT2D eigenvalue weighted by Crippen LogP contribution is 2.12. The van der Waals surface area contributed by atoms with Crippen molar-refractivity contribution >= 4 is 0 Å². The van der Waals surface area contributed by atoms with Gasteiger partial charge in [0.2, 0.25) is 6.29 Å². The van der Waals surface area contributed by atoms with Crippen LogP contribution in [0, 0.1) is 11.8 Å². The summed E-state index contributed by atoms with van der Waals surface area (Å²) >= 11 is 0. The van der Waals surface area contributed by atoms with Crippen LogP contribution in [-0.4, -0.2) is 16.5 Å². The van der Waals surface area contributed by atoms with Gasteiger partial charge >= 0.3 is 0 Å². The van der Waals surface area contributed by atoms with Gasteiger partial charge in [0.1, 0.15) is 0 Å². The van der Waals surface area contributed by atoms with E-state index in [0.717, 1.165) is 12.8 Å². The molecule has 0 atom stereocenters. The average Bonchev–Trinajstić information content (AvgIpc) is 2.43. The molecule has 118 valence electrons. The number of unbranched alkanes of at least 4 members (excludes halogenated alkanes) is 13. The van der Waals surface area contributed by atoms with E-state index in [1.807, 2.05) is 0 Å². The summed E-state index contributed by atoms with van der Waals surface area (Å²) in [7, 11) is 0. The van der Waals surface area contributed by atoms with Crippen LogP contribution in [0.25, 0.3) is 0 Å². The second kappa shape index (κ2) is 16.5. The molecule has 20 heavy (non-hydrogen) atoms. The molecule has 0 spiro atoms. The van der Waals surface area contributed by atoms with E-state index >= 15 is 0 Å². The molecule has 0 radical (unpaired) electrons. The van der Waals surface area contributed by atoms with E-state index in [4.69, 9.17) is 10.2 Å². The topological polar surface area (TPSA) is 40.5 Å². The molecule has 0 rings (SSSR count). The van der Waals surface area contributed by atoms with Gasteiger partial charge in [0.25, 0.3) is 0 Å². The van der Waals surface area contributed by atoms with Gasteiger partial charge in [-0.2, -0.15) is 0 Å². The Hall–Kier alpha value is -0.520. The van der Waals surface area contributed by atoms with Crippen LogP contribution in [0.2, 0.25) is 0 Å². The first-order valence-corrected chi connectivity index (χ1v) is 8.62. The lowest BCUT2D eigenvalue weighted by Gasteiger charge is -2.02. The zero-order valence-corrected chi connectivity index (χ0v) is 13.4. The zero-order chi connectivity index (χ0) is 14.9. The molecule has 2 N–H and O–H groups in total. The number of hydrogen-bond acceptors (Lipinski definition) is 2. The monoisotopic (exact) mass is 282 g/mol. The molecular weight excluding hydrogens is 248 g/mol. The van der Waals surface area contributed by atoms with E-state index in [-0.39, 0.29) is 0 Å². The van der Waals surface area contributed by atoms with Gasteiger partial charge in [0.15, 0.2) is 0 Å². The summed E-state index contributed by atoms with van der Waals surface area (Å²) in [6, 6.07) is 0. The predicted molar refractivity (Wildman–Crippen MR) is 86.3 cm³/mol. The van der Waals surface area contributed by atoms with Crippen molar-refractivity contribution < 1.29 is 10.2 Å². The Kier molecular flexibility index (Phi) is 16.1. The smallest absolute Gasteiger partial charge is 0.217 e. The fraction of sp³-hybridized carbons (Fsp3) is 0.889. The zero-order valence-electron chi connectivity index (χ0n) is 13.4. The molecule has 0 heterocycles. The third-order valence-corrected chi connectivity index (χ3v) is 3.64. The van der Waals surface area contributed by atoms with Gasteiger partial charge in [0, 0.05) is 6.42 Å². The van der Waals surface area contributed by atoms with E-state index in [0.29, 0.717) is 0 Å². The summed E-state index contributed by atoms with van der Waals surface area (Å²) in [6.07, 6.45) is 16.9. The summed E-state index contributed by atoms with van der Waals surface area (Å²) in [5.74, 6) is 5.12. The summed E-state index contributed by atoms with van der Waals surface area (Å²) in [6.45, 7) is 2.27. The summed E-state index contributed by atoms with van der Waals surface area (Å²) in [5.41, 5.74) is 0. The van der Waals surface area contributed by atoms with Crippen LogP contribution in [0.4, 0.5) is 0 Å². The molecule has 2 heteroatoms. The van der Waals surface area contributed by atoms with Crippen molar-refractivity contribution in [2.24, 2.45) is 0 Å². The Labute approximate surface area is 126 Å².